The molecule has 0 N–H and O–H groups in total. The van der Waals surface area contributed by atoms with Crippen molar-refractivity contribution in [1.29, 1.82) is 0 Å². The third-order valence-corrected chi connectivity index (χ3v) is 12.7. The van der Waals surface area contributed by atoms with E-state index < -0.39 is 0 Å². The van der Waals surface area contributed by atoms with Gasteiger partial charge in [-0.05, 0) is 53.2 Å². The lowest BCUT2D eigenvalue weighted by Gasteiger charge is -2.15. The molecule has 9 aromatic carbocycles. The minimum atomic E-state index is 0.817. The van der Waals surface area contributed by atoms with Gasteiger partial charge >= 0.3 is 0 Å². The fraction of sp³-hybridized carbons (Fsp3) is 0. The third kappa shape index (κ3) is 3.98. The van der Waals surface area contributed by atoms with E-state index >= 15 is 0 Å². The van der Waals surface area contributed by atoms with Gasteiger partial charge in [0, 0.05) is 54.3 Å². The molecule has 0 radical (unpaired) electrons. The Morgan fingerprint density at radius 3 is 1.78 bits per heavy atom. The molecule has 5 nitrogen and oxygen atoms in total. The second-order valence-corrected chi connectivity index (χ2v) is 15.7. The van der Waals surface area contributed by atoms with Crippen LogP contribution in [0.2, 0.25) is 0 Å². The Labute approximate surface area is 336 Å². The summed E-state index contributed by atoms with van der Waals surface area (Å²) >= 11 is 0. The maximum atomic E-state index is 5.65. The van der Waals surface area contributed by atoms with Gasteiger partial charge in [0.1, 0.15) is 5.69 Å². The highest BCUT2D eigenvalue weighted by Crippen LogP contribution is 2.47. The molecule has 0 saturated heterocycles. The molecule has 0 fully saturated rings. The minimum Gasteiger partial charge on any atom is -0.307 e. The van der Waals surface area contributed by atoms with Gasteiger partial charge in [0.25, 0.3) is 0 Å². The van der Waals surface area contributed by atoms with Crippen LogP contribution in [0.3, 0.4) is 0 Å². The van der Waals surface area contributed by atoms with E-state index in [-0.39, 0.29) is 0 Å². The smallest absolute Gasteiger partial charge is 0.165 e. The molecular formula is C54H31N5. The predicted octanol–water partition coefficient (Wildman–Crippen LogP) is 13.8. The minimum absolute atomic E-state index is 0.817. The molecule has 0 aliphatic rings. The van der Waals surface area contributed by atoms with Crippen LogP contribution >= 0.6 is 0 Å². The molecular weight excluding hydrogens is 719 g/mol. The molecule has 0 aliphatic carbocycles. The molecule has 0 aliphatic heterocycles. The molecule has 0 saturated carbocycles. The number of hydrogen-bond donors (Lipinski definition) is 0. The van der Waals surface area contributed by atoms with E-state index in [9.17, 15) is 0 Å². The quantitative estimate of drug-likeness (QED) is 0.169. The molecule has 272 valence electrons. The van der Waals surface area contributed by atoms with Crippen molar-refractivity contribution in [3.8, 4) is 22.8 Å². The average Bonchev–Trinajstić information content (AvgIpc) is 3.92. The van der Waals surface area contributed by atoms with Gasteiger partial charge in [0.05, 0.1) is 49.7 Å². The zero-order valence-corrected chi connectivity index (χ0v) is 31.6. The molecule has 5 aromatic heterocycles. The van der Waals surface area contributed by atoms with E-state index in [2.05, 4.69) is 202 Å². The summed E-state index contributed by atoms with van der Waals surface area (Å²) in [5, 5.41) is 12.0. The van der Waals surface area contributed by atoms with Crippen LogP contribution in [0.15, 0.2) is 188 Å². The third-order valence-electron chi connectivity index (χ3n) is 12.7. The van der Waals surface area contributed by atoms with Crippen LogP contribution in [0.4, 0.5) is 0 Å². The zero-order valence-electron chi connectivity index (χ0n) is 31.6. The molecule has 0 spiro atoms. The van der Waals surface area contributed by atoms with Gasteiger partial charge in [0.15, 0.2) is 5.82 Å². The van der Waals surface area contributed by atoms with Crippen LogP contribution in [-0.2, 0) is 0 Å². The Kier molecular flexibility index (Phi) is 5.96. The van der Waals surface area contributed by atoms with Crippen molar-refractivity contribution < 1.29 is 0 Å². The number of fused-ring (bicyclic) bond motifs is 12. The lowest BCUT2D eigenvalue weighted by atomic mass is 10.0. The summed E-state index contributed by atoms with van der Waals surface area (Å²) in [4.78, 5) is 11.1. The SMILES string of the molecule is c1ccc(-c2nc3ccc4ccccc4c3nc2-n2c3cccc4c5cccc6c7ccc8c9ccccc9n(-c9ccccc9)c8c7n(c7cccc2c7c43)c56)cc1. The normalized spacial score (nSPS) is 12.4. The summed E-state index contributed by atoms with van der Waals surface area (Å²) in [5.74, 6) is 0.817. The van der Waals surface area contributed by atoms with E-state index in [1.54, 1.807) is 0 Å². The van der Waals surface area contributed by atoms with E-state index in [0.717, 1.165) is 61.1 Å². The van der Waals surface area contributed by atoms with Gasteiger partial charge in [-0.2, -0.15) is 0 Å². The Bertz CT molecular complexity index is 4060. The second-order valence-electron chi connectivity index (χ2n) is 15.7. The van der Waals surface area contributed by atoms with Crippen LogP contribution in [-0.4, -0.2) is 23.5 Å². The fourth-order valence-corrected chi connectivity index (χ4v) is 10.4. The number of aromatic nitrogens is 5. The molecule has 0 bridgehead atoms. The second kappa shape index (κ2) is 11.3. The molecule has 0 atom stereocenters. The van der Waals surface area contributed by atoms with Crippen molar-refractivity contribution in [3.63, 3.8) is 0 Å². The van der Waals surface area contributed by atoms with Gasteiger partial charge in [-0.25, -0.2) is 9.97 Å². The van der Waals surface area contributed by atoms with Crippen molar-refractivity contribution >= 4 is 104 Å². The van der Waals surface area contributed by atoms with Crippen molar-refractivity contribution in [3.05, 3.63) is 188 Å². The summed E-state index contributed by atoms with van der Waals surface area (Å²) < 4.78 is 7.42. The lowest BCUT2D eigenvalue weighted by Crippen LogP contribution is -2.04. The Balaban J connectivity index is 1.23. The van der Waals surface area contributed by atoms with Crippen molar-refractivity contribution in [2.45, 2.75) is 0 Å². The summed E-state index contributed by atoms with van der Waals surface area (Å²) in [6, 6.07) is 68.0. The first kappa shape index (κ1) is 31.1. The van der Waals surface area contributed by atoms with E-state index in [4.69, 9.17) is 9.97 Å². The van der Waals surface area contributed by atoms with Crippen molar-refractivity contribution in [1.82, 2.24) is 23.5 Å². The standard InChI is InChI=1S/C54H31N5/c1-3-15-33(16-4-1)49-54(56-50-35-19-8-7-14-32(35)28-31-42(50)55-49)58-44-25-12-21-37-38-22-11-23-39-41-30-29-40-36-20-9-10-24-43(36)57(34-17-5-2-6-18-34)52(40)53(41)59(51(38)39)46-27-13-26-45(58)48(46)47(37)44/h1-31H. The van der Waals surface area contributed by atoms with Crippen LogP contribution in [0.1, 0.15) is 0 Å². The van der Waals surface area contributed by atoms with Gasteiger partial charge < -0.3 is 8.97 Å². The predicted molar refractivity (Wildman–Crippen MR) is 246 cm³/mol. The Morgan fingerprint density at radius 2 is 0.932 bits per heavy atom. The molecule has 5 heterocycles. The first-order valence-electron chi connectivity index (χ1n) is 20.2. The van der Waals surface area contributed by atoms with Crippen molar-refractivity contribution in [2.24, 2.45) is 0 Å². The maximum Gasteiger partial charge on any atom is 0.165 e. The molecule has 14 aromatic rings. The number of rotatable bonds is 3. The lowest BCUT2D eigenvalue weighted by molar-refractivity contribution is 1.08. The highest BCUT2D eigenvalue weighted by molar-refractivity contribution is 6.33. The first-order chi connectivity index (χ1) is 29.3. The maximum absolute atomic E-state index is 5.65. The highest BCUT2D eigenvalue weighted by Gasteiger charge is 2.26. The zero-order chi connectivity index (χ0) is 38.3. The Morgan fingerprint density at radius 1 is 0.339 bits per heavy atom. The number of para-hydroxylation sites is 3. The van der Waals surface area contributed by atoms with Gasteiger partial charge in [-0.15, -0.1) is 0 Å². The monoisotopic (exact) mass is 749 g/mol. The van der Waals surface area contributed by atoms with Crippen LogP contribution in [0.25, 0.3) is 126 Å². The van der Waals surface area contributed by atoms with Gasteiger partial charge in [-0.1, -0.05) is 146 Å². The van der Waals surface area contributed by atoms with Gasteiger partial charge in [0.2, 0.25) is 0 Å². The highest BCUT2D eigenvalue weighted by atomic mass is 15.1. The molecule has 14 rings (SSSR count). The first-order valence-corrected chi connectivity index (χ1v) is 20.2. The van der Waals surface area contributed by atoms with Crippen LogP contribution < -0.4 is 0 Å². The van der Waals surface area contributed by atoms with E-state index in [0.29, 0.717) is 0 Å². The van der Waals surface area contributed by atoms with E-state index in [1.165, 1.54) is 65.2 Å². The number of benzene rings is 9. The Hall–Kier alpha value is -8.02. The number of nitrogens with zero attached hydrogens (tertiary/aromatic N) is 5. The molecule has 5 heteroatoms. The largest absolute Gasteiger partial charge is 0.307 e. The van der Waals surface area contributed by atoms with Crippen molar-refractivity contribution in [2.75, 3.05) is 0 Å². The van der Waals surface area contributed by atoms with Crippen LogP contribution in [0, 0.1) is 0 Å². The molecule has 0 unspecified atom stereocenters. The topological polar surface area (TPSA) is 40.0 Å². The van der Waals surface area contributed by atoms with E-state index in [1.807, 2.05) is 0 Å². The van der Waals surface area contributed by atoms with Crippen LogP contribution in [0.5, 0.6) is 0 Å². The summed E-state index contributed by atoms with van der Waals surface area (Å²) in [6.07, 6.45) is 0. The fourth-order valence-electron chi connectivity index (χ4n) is 10.4. The summed E-state index contributed by atoms with van der Waals surface area (Å²) in [5.41, 5.74) is 13.0. The summed E-state index contributed by atoms with van der Waals surface area (Å²) in [6.45, 7) is 0. The molecule has 59 heavy (non-hydrogen) atoms. The molecule has 0 amide bonds. The summed E-state index contributed by atoms with van der Waals surface area (Å²) in [7, 11) is 0. The average molecular weight is 750 g/mol. The number of hydrogen-bond acceptors (Lipinski definition) is 2. The van der Waals surface area contributed by atoms with Gasteiger partial charge in [-0.3, -0.25) is 4.57 Å².